The Morgan fingerprint density at radius 1 is 0.537 bits per heavy atom. The summed E-state index contributed by atoms with van der Waals surface area (Å²) in [5, 5.41) is 9.51. The largest absolute Gasteiger partial charge is 0.462 e. The van der Waals surface area contributed by atoms with E-state index in [2.05, 4.69) is 20.8 Å². The summed E-state index contributed by atoms with van der Waals surface area (Å²) in [6.07, 6.45) is 31.6. The molecule has 0 aliphatic heterocycles. The van der Waals surface area contributed by atoms with Crippen molar-refractivity contribution in [3.63, 3.8) is 0 Å². The average Bonchev–Trinajstić information content (AvgIpc) is 2.95. The van der Waals surface area contributed by atoms with Crippen LogP contribution in [0.2, 0.25) is 0 Å². The van der Waals surface area contributed by atoms with Gasteiger partial charge in [-0.05, 0) is 18.8 Å². The van der Waals surface area contributed by atoms with Gasteiger partial charge in [-0.2, -0.15) is 0 Å². The highest BCUT2D eigenvalue weighted by atomic mass is 16.6. The van der Waals surface area contributed by atoms with Gasteiger partial charge in [-0.3, -0.25) is 9.59 Å². The number of ether oxygens (including phenoxy) is 2. The molecule has 1 N–H and O–H groups in total. The lowest BCUT2D eigenvalue weighted by Crippen LogP contribution is -2.28. The summed E-state index contributed by atoms with van der Waals surface area (Å²) in [4.78, 5) is 24.1. The third-order valence-corrected chi connectivity index (χ3v) is 8.08. The lowest BCUT2D eigenvalue weighted by atomic mass is 10.0. The third-order valence-electron chi connectivity index (χ3n) is 8.08. The normalized spacial score (nSPS) is 12.1. The number of rotatable bonds is 32. The minimum Gasteiger partial charge on any atom is -0.462 e. The highest BCUT2D eigenvalue weighted by Gasteiger charge is 2.16. The number of carbonyl (C=O) groups excluding carboxylic acids is 2. The van der Waals surface area contributed by atoms with Crippen LogP contribution < -0.4 is 0 Å². The summed E-state index contributed by atoms with van der Waals surface area (Å²) in [5.74, 6) is 0.265. The fourth-order valence-electron chi connectivity index (χ4n) is 5.33. The highest BCUT2D eigenvalue weighted by molar-refractivity contribution is 5.70. The van der Waals surface area contributed by atoms with Gasteiger partial charge in [0.1, 0.15) is 6.61 Å². The van der Waals surface area contributed by atoms with Crippen LogP contribution in [0.3, 0.4) is 0 Å². The van der Waals surface area contributed by atoms with Crippen LogP contribution in [0.4, 0.5) is 0 Å². The van der Waals surface area contributed by atoms with Crippen molar-refractivity contribution in [3.05, 3.63) is 0 Å². The molecule has 0 aromatic heterocycles. The molecule has 0 aromatic carbocycles. The van der Waals surface area contributed by atoms with Crippen molar-refractivity contribution < 1.29 is 24.2 Å². The Morgan fingerprint density at radius 3 is 1.29 bits per heavy atom. The van der Waals surface area contributed by atoms with E-state index in [1.807, 2.05) is 0 Å². The molecule has 41 heavy (non-hydrogen) atoms. The van der Waals surface area contributed by atoms with Gasteiger partial charge in [0.15, 0.2) is 6.10 Å². The highest BCUT2D eigenvalue weighted by Crippen LogP contribution is 2.15. The molecule has 0 rings (SSSR count). The molecule has 0 radical (unpaired) electrons. The Hall–Kier alpha value is -1.10. The maximum Gasteiger partial charge on any atom is 0.306 e. The number of hydrogen-bond donors (Lipinski definition) is 1. The van der Waals surface area contributed by atoms with Gasteiger partial charge < -0.3 is 14.6 Å². The molecule has 0 amide bonds. The van der Waals surface area contributed by atoms with E-state index in [1.165, 1.54) is 122 Å². The predicted octanol–water partition coefficient (Wildman–Crippen LogP) is 10.6. The second kappa shape index (κ2) is 31.8. The van der Waals surface area contributed by atoms with Crippen LogP contribution in [-0.4, -0.2) is 36.4 Å². The minimum absolute atomic E-state index is 0.0583. The van der Waals surface area contributed by atoms with Crippen molar-refractivity contribution >= 4 is 11.9 Å². The molecule has 0 saturated heterocycles. The van der Waals surface area contributed by atoms with Gasteiger partial charge in [0, 0.05) is 12.8 Å². The predicted molar refractivity (Wildman–Crippen MR) is 173 cm³/mol. The van der Waals surface area contributed by atoms with Gasteiger partial charge in [0.25, 0.3) is 0 Å². The van der Waals surface area contributed by atoms with Crippen LogP contribution >= 0.6 is 0 Å². The SMILES string of the molecule is CCCCCCCCCCCCCC(=O)OC[C@H](CO)OC(=O)CCCCCCCCCCCCCCCC(C)C. The molecule has 0 saturated carbocycles. The van der Waals surface area contributed by atoms with E-state index in [9.17, 15) is 14.7 Å². The van der Waals surface area contributed by atoms with Crippen LogP contribution in [0.25, 0.3) is 0 Å². The second-order valence-electron chi connectivity index (χ2n) is 12.8. The topological polar surface area (TPSA) is 72.8 Å². The number of aliphatic hydroxyl groups is 1. The zero-order valence-corrected chi connectivity index (χ0v) is 27.7. The van der Waals surface area contributed by atoms with E-state index in [1.54, 1.807) is 0 Å². The first-order valence-corrected chi connectivity index (χ1v) is 18.0. The van der Waals surface area contributed by atoms with Crippen molar-refractivity contribution in [2.45, 2.75) is 200 Å². The first-order valence-electron chi connectivity index (χ1n) is 18.0. The Labute approximate surface area is 255 Å². The summed E-state index contributed by atoms with van der Waals surface area (Å²) in [5.41, 5.74) is 0. The van der Waals surface area contributed by atoms with E-state index in [0.29, 0.717) is 12.8 Å². The molecule has 0 heterocycles. The molecule has 0 spiro atoms. The molecule has 0 aromatic rings. The number of hydrogen-bond acceptors (Lipinski definition) is 5. The van der Waals surface area contributed by atoms with Crippen molar-refractivity contribution in [1.29, 1.82) is 0 Å². The molecule has 0 fully saturated rings. The van der Waals surface area contributed by atoms with Crippen LogP contribution in [0.15, 0.2) is 0 Å². The molecular weight excluding hydrogens is 512 g/mol. The monoisotopic (exact) mass is 583 g/mol. The number of carbonyl (C=O) groups is 2. The van der Waals surface area contributed by atoms with Gasteiger partial charge >= 0.3 is 11.9 Å². The maximum absolute atomic E-state index is 12.1. The molecular formula is C36H70O5. The quantitative estimate of drug-likeness (QED) is 0.0631. The Morgan fingerprint density at radius 2 is 0.902 bits per heavy atom. The third kappa shape index (κ3) is 31.7. The number of esters is 2. The average molecular weight is 583 g/mol. The Kier molecular flexibility index (Phi) is 31.0. The first kappa shape index (κ1) is 39.9. The van der Waals surface area contributed by atoms with Crippen LogP contribution in [-0.2, 0) is 19.1 Å². The fraction of sp³-hybridized carbons (Fsp3) is 0.944. The molecule has 5 nitrogen and oxygen atoms in total. The van der Waals surface area contributed by atoms with E-state index >= 15 is 0 Å². The van der Waals surface area contributed by atoms with Gasteiger partial charge in [-0.15, -0.1) is 0 Å². The van der Waals surface area contributed by atoms with Crippen molar-refractivity contribution in [2.75, 3.05) is 13.2 Å². The van der Waals surface area contributed by atoms with Crippen molar-refractivity contribution in [3.8, 4) is 0 Å². The molecule has 244 valence electrons. The second-order valence-corrected chi connectivity index (χ2v) is 12.8. The maximum atomic E-state index is 12.1. The van der Waals surface area contributed by atoms with E-state index in [4.69, 9.17) is 9.47 Å². The molecule has 1 atom stereocenters. The summed E-state index contributed by atoms with van der Waals surface area (Å²) >= 11 is 0. The van der Waals surface area contributed by atoms with Crippen LogP contribution in [0.1, 0.15) is 194 Å². The van der Waals surface area contributed by atoms with Crippen molar-refractivity contribution in [1.82, 2.24) is 0 Å². The lowest BCUT2D eigenvalue weighted by Gasteiger charge is -2.15. The van der Waals surface area contributed by atoms with Gasteiger partial charge in [0.2, 0.25) is 0 Å². The summed E-state index contributed by atoms with van der Waals surface area (Å²) in [6.45, 7) is 6.49. The zero-order chi connectivity index (χ0) is 30.2. The minimum atomic E-state index is -0.760. The Balaban J connectivity index is 3.52. The molecule has 0 aliphatic carbocycles. The van der Waals surface area contributed by atoms with Crippen LogP contribution in [0, 0.1) is 5.92 Å². The summed E-state index contributed by atoms with van der Waals surface area (Å²) in [6, 6.07) is 0. The standard InChI is InChI=1S/C36H70O5/c1-4-5-6-7-8-9-13-17-20-23-26-29-35(38)40-32-34(31-37)41-36(39)30-27-24-21-18-15-12-10-11-14-16-19-22-25-28-33(2)3/h33-34,37H,4-32H2,1-3H3/t34-/m0/s1. The lowest BCUT2D eigenvalue weighted by molar-refractivity contribution is -0.161. The first-order chi connectivity index (χ1) is 20.0. The molecule has 0 bridgehead atoms. The smallest absolute Gasteiger partial charge is 0.306 e. The van der Waals surface area contributed by atoms with Gasteiger partial charge in [-0.1, -0.05) is 168 Å². The van der Waals surface area contributed by atoms with Gasteiger partial charge in [0.05, 0.1) is 6.61 Å². The number of aliphatic hydroxyl groups excluding tert-OH is 1. The van der Waals surface area contributed by atoms with Crippen molar-refractivity contribution in [2.24, 2.45) is 5.92 Å². The summed E-state index contributed by atoms with van der Waals surface area (Å²) in [7, 11) is 0. The van der Waals surface area contributed by atoms with Crippen LogP contribution in [0.5, 0.6) is 0 Å². The molecule has 0 aliphatic rings. The Bertz CT molecular complexity index is 562. The van der Waals surface area contributed by atoms with E-state index < -0.39 is 6.10 Å². The van der Waals surface area contributed by atoms with Gasteiger partial charge in [-0.25, -0.2) is 0 Å². The zero-order valence-electron chi connectivity index (χ0n) is 27.7. The number of unbranched alkanes of at least 4 members (excludes halogenated alkanes) is 22. The molecule has 5 heteroatoms. The van der Waals surface area contributed by atoms with E-state index in [-0.39, 0.29) is 25.2 Å². The van der Waals surface area contributed by atoms with E-state index in [0.717, 1.165) is 44.4 Å². The fourth-order valence-corrected chi connectivity index (χ4v) is 5.33. The summed E-state index contributed by atoms with van der Waals surface area (Å²) < 4.78 is 10.6. The molecule has 0 unspecified atom stereocenters.